The van der Waals surface area contributed by atoms with Crippen LogP contribution in [0.5, 0.6) is 5.75 Å². The highest BCUT2D eigenvalue weighted by atomic mass is 79.9. The quantitative estimate of drug-likeness (QED) is 0.783. The van der Waals surface area contributed by atoms with Gasteiger partial charge in [-0.15, -0.1) is 3.89 Å². The van der Waals surface area contributed by atoms with Gasteiger partial charge in [0.1, 0.15) is 10.6 Å². The zero-order valence-electron chi connectivity index (χ0n) is 7.54. The van der Waals surface area contributed by atoms with E-state index in [0.717, 1.165) is 5.56 Å². The topological polar surface area (TPSA) is 43.4 Å². The highest BCUT2D eigenvalue weighted by Crippen LogP contribution is 2.31. The summed E-state index contributed by atoms with van der Waals surface area (Å²) in [7, 11) is -3.45. The van der Waals surface area contributed by atoms with Crippen LogP contribution in [0.3, 0.4) is 0 Å². The Labute approximate surface area is 90.2 Å². The second kappa shape index (κ2) is 3.86. The Morgan fingerprint density at radius 1 is 1.43 bits per heavy atom. The molecular weight excluding hydrogens is 275 g/mol. The molecule has 0 heterocycles. The van der Waals surface area contributed by atoms with Gasteiger partial charge in [-0.2, -0.15) is 8.42 Å². The second-order valence-electron chi connectivity index (χ2n) is 2.69. The van der Waals surface area contributed by atoms with E-state index in [1.54, 1.807) is 6.92 Å². The molecule has 0 saturated heterocycles. The van der Waals surface area contributed by atoms with Crippen molar-refractivity contribution in [2.45, 2.75) is 11.8 Å². The van der Waals surface area contributed by atoms with Gasteiger partial charge in [-0.1, -0.05) is 15.9 Å². The normalized spacial score (nSPS) is 11.4. The van der Waals surface area contributed by atoms with Gasteiger partial charge < -0.3 is 4.74 Å². The molecule has 1 aromatic rings. The van der Waals surface area contributed by atoms with Crippen LogP contribution in [0, 0.1) is 6.92 Å². The van der Waals surface area contributed by atoms with Gasteiger partial charge in [0.15, 0.2) is 0 Å². The number of hydrogen-bond acceptors (Lipinski definition) is 3. The van der Waals surface area contributed by atoms with E-state index in [0.29, 0.717) is 4.47 Å². The molecule has 0 aliphatic heterocycles. The van der Waals surface area contributed by atoms with Crippen LogP contribution in [0.4, 0.5) is 3.89 Å². The molecule has 0 spiro atoms. The van der Waals surface area contributed by atoms with Crippen LogP contribution in [0.1, 0.15) is 5.56 Å². The smallest absolute Gasteiger partial charge is 0.335 e. The third-order valence-electron chi connectivity index (χ3n) is 1.71. The van der Waals surface area contributed by atoms with Gasteiger partial charge in [-0.25, -0.2) is 0 Å². The molecule has 14 heavy (non-hydrogen) atoms. The van der Waals surface area contributed by atoms with Gasteiger partial charge in [0.2, 0.25) is 0 Å². The highest BCUT2D eigenvalue weighted by Gasteiger charge is 2.19. The summed E-state index contributed by atoms with van der Waals surface area (Å²) in [5.74, 6) is 0.00759. The average Bonchev–Trinajstić information content (AvgIpc) is 2.07. The Kier molecular flexibility index (Phi) is 3.16. The van der Waals surface area contributed by atoms with Crippen LogP contribution in [-0.4, -0.2) is 15.5 Å². The second-order valence-corrected chi connectivity index (χ2v) is 4.86. The largest absolute Gasteiger partial charge is 0.495 e. The van der Waals surface area contributed by atoms with Gasteiger partial charge in [0.25, 0.3) is 0 Å². The standard InChI is InChI=1S/C8H8BrFO3S/c1-5-3-7(13-2)8(4-6(5)9)14(10,11)12/h3-4H,1-2H3. The first-order chi connectivity index (χ1) is 6.36. The van der Waals surface area contributed by atoms with Crippen molar-refractivity contribution in [1.29, 1.82) is 0 Å². The molecule has 0 radical (unpaired) electrons. The van der Waals surface area contributed by atoms with Crippen molar-refractivity contribution in [1.82, 2.24) is 0 Å². The van der Waals surface area contributed by atoms with Crippen LogP contribution in [0.15, 0.2) is 21.5 Å². The van der Waals surface area contributed by atoms with E-state index in [1.807, 2.05) is 0 Å². The molecule has 78 valence electrons. The molecule has 0 bridgehead atoms. The van der Waals surface area contributed by atoms with E-state index in [4.69, 9.17) is 4.74 Å². The van der Waals surface area contributed by atoms with Crippen molar-refractivity contribution in [3.05, 3.63) is 22.2 Å². The third kappa shape index (κ3) is 2.24. The van der Waals surface area contributed by atoms with Crippen molar-refractivity contribution in [3.63, 3.8) is 0 Å². The van der Waals surface area contributed by atoms with E-state index < -0.39 is 15.1 Å². The van der Waals surface area contributed by atoms with E-state index in [2.05, 4.69) is 15.9 Å². The lowest BCUT2D eigenvalue weighted by Crippen LogP contribution is -1.98. The maximum Gasteiger partial charge on any atom is 0.335 e. The molecule has 0 aliphatic rings. The first kappa shape index (κ1) is 11.5. The summed E-state index contributed by atoms with van der Waals surface area (Å²) in [6.45, 7) is 1.75. The van der Waals surface area contributed by atoms with Crippen LogP contribution in [0.2, 0.25) is 0 Å². The number of methoxy groups -OCH3 is 1. The maximum absolute atomic E-state index is 12.8. The van der Waals surface area contributed by atoms with Gasteiger partial charge in [0.05, 0.1) is 7.11 Å². The summed E-state index contributed by atoms with van der Waals surface area (Å²) in [5.41, 5.74) is 0.772. The minimum absolute atomic E-state index is 0.00759. The summed E-state index contributed by atoms with van der Waals surface area (Å²) in [4.78, 5) is -0.461. The van der Waals surface area contributed by atoms with Crippen LogP contribution >= 0.6 is 15.9 Å². The fraction of sp³-hybridized carbons (Fsp3) is 0.250. The first-order valence-electron chi connectivity index (χ1n) is 3.65. The molecule has 0 atom stereocenters. The zero-order valence-corrected chi connectivity index (χ0v) is 9.95. The Hall–Kier alpha value is -0.620. The number of aryl methyl sites for hydroxylation is 1. The van der Waals surface area contributed by atoms with Gasteiger partial charge in [0, 0.05) is 4.47 Å². The summed E-state index contributed by atoms with van der Waals surface area (Å²) >= 11 is 3.12. The molecular formula is C8H8BrFO3S. The van der Waals surface area contributed by atoms with Gasteiger partial charge in [-0.05, 0) is 24.6 Å². The molecule has 1 aromatic carbocycles. The summed E-state index contributed by atoms with van der Waals surface area (Å²) in [6, 6.07) is 2.64. The Morgan fingerprint density at radius 2 is 2.00 bits per heavy atom. The molecule has 0 N–H and O–H groups in total. The Bertz CT molecular complexity index is 456. The maximum atomic E-state index is 12.8. The molecule has 1 rings (SSSR count). The minimum Gasteiger partial charge on any atom is -0.495 e. The average molecular weight is 283 g/mol. The summed E-state index contributed by atoms with van der Waals surface area (Å²) < 4.78 is 39.5. The number of ether oxygens (including phenoxy) is 1. The molecule has 0 aromatic heterocycles. The zero-order chi connectivity index (χ0) is 10.9. The predicted molar refractivity (Wildman–Crippen MR) is 53.7 cm³/mol. The van der Waals surface area contributed by atoms with Crippen molar-refractivity contribution in [3.8, 4) is 5.75 Å². The molecule has 0 unspecified atom stereocenters. The third-order valence-corrected chi connectivity index (χ3v) is 3.41. The molecule has 0 saturated carbocycles. The first-order valence-corrected chi connectivity index (χ1v) is 5.82. The van der Waals surface area contributed by atoms with E-state index in [-0.39, 0.29) is 5.75 Å². The van der Waals surface area contributed by atoms with Crippen molar-refractivity contribution >= 4 is 26.2 Å². The molecule has 0 aliphatic carbocycles. The summed E-state index contributed by atoms with van der Waals surface area (Å²) in [6.07, 6.45) is 0. The minimum atomic E-state index is -4.74. The molecule has 0 fully saturated rings. The lowest BCUT2D eigenvalue weighted by atomic mass is 10.2. The van der Waals surface area contributed by atoms with Crippen LogP contribution in [0.25, 0.3) is 0 Å². The Balaban J connectivity index is 3.51. The molecule has 6 heteroatoms. The number of rotatable bonds is 2. The van der Waals surface area contributed by atoms with E-state index in [1.165, 1.54) is 19.2 Å². The fourth-order valence-corrected chi connectivity index (χ4v) is 2.12. The molecule has 0 amide bonds. The van der Waals surface area contributed by atoms with Crippen molar-refractivity contribution in [2.24, 2.45) is 0 Å². The lowest BCUT2D eigenvalue weighted by molar-refractivity contribution is 0.400. The van der Waals surface area contributed by atoms with Gasteiger partial charge >= 0.3 is 10.2 Å². The number of halogens is 2. The SMILES string of the molecule is COc1cc(C)c(Br)cc1S(=O)(=O)F. The number of hydrogen-bond donors (Lipinski definition) is 0. The lowest BCUT2D eigenvalue weighted by Gasteiger charge is -2.07. The Morgan fingerprint density at radius 3 is 2.43 bits per heavy atom. The monoisotopic (exact) mass is 282 g/mol. The van der Waals surface area contributed by atoms with Gasteiger partial charge in [-0.3, -0.25) is 0 Å². The predicted octanol–water partition coefficient (Wildman–Crippen LogP) is 2.42. The van der Waals surface area contributed by atoms with E-state index in [9.17, 15) is 12.3 Å². The number of benzene rings is 1. The highest BCUT2D eigenvalue weighted by molar-refractivity contribution is 9.10. The van der Waals surface area contributed by atoms with Crippen molar-refractivity contribution < 1.29 is 17.0 Å². The fourth-order valence-electron chi connectivity index (χ4n) is 0.987. The summed E-state index contributed by atoms with van der Waals surface area (Å²) in [5, 5.41) is 0. The molecule has 3 nitrogen and oxygen atoms in total. The van der Waals surface area contributed by atoms with Crippen molar-refractivity contribution in [2.75, 3.05) is 7.11 Å². The van der Waals surface area contributed by atoms with Crippen LogP contribution in [-0.2, 0) is 10.2 Å². The van der Waals surface area contributed by atoms with Crippen LogP contribution < -0.4 is 4.74 Å². The van der Waals surface area contributed by atoms with E-state index >= 15 is 0 Å².